The Hall–Kier alpha value is -4.26. The van der Waals surface area contributed by atoms with Crippen LogP contribution >= 0.6 is 11.6 Å². The first-order chi connectivity index (χ1) is 18.5. The lowest BCUT2D eigenvalue weighted by Gasteiger charge is -2.12. The molecule has 2 N–H and O–H groups in total. The Balaban J connectivity index is 1.26. The van der Waals surface area contributed by atoms with Crippen LogP contribution in [0.15, 0.2) is 97.3 Å². The molecule has 1 amide bonds. The second kappa shape index (κ2) is 11.4. The molecule has 4 aromatic rings. The second-order valence-electron chi connectivity index (χ2n) is 9.01. The van der Waals surface area contributed by atoms with E-state index in [2.05, 4.69) is 10.3 Å². The largest absolute Gasteiger partial charge is 0.486 e. The fourth-order valence-electron chi connectivity index (χ4n) is 4.38. The number of Topliss-reactive ketones (excluding diaryl/α,β-unsaturated/α-hetero) is 1. The number of ether oxygens (including phenoxy) is 1. The third-order valence-electron chi connectivity index (χ3n) is 6.31. The lowest BCUT2D eigenvalue weighted by Crippen LogP contribution is -2.33. The molecule has 0 saturated heterocycles. The number of fused-ring (bicyclic) bond motifs is 1. The van der Waals surface area contributed by atoms with E-state index in [-0.39, 0.29) is 17.8 Å². The normalized spacial score (nSPS) is 15.1. The number of hydrogen-bond donors (Lipinski definition) is 2. The molecule has 0 fully saturated rings. The average Bonchev–Trinajstić information content (AvgIpc) is 3.39. The number of carbonyl (C=O) groups is 2. The highest BCUT2D eigenvalue weighted by molar-refractivity contribution is 6.32. The first-order valence-electron chi connectivity index (χ1n) is 12.2. The van der Waals surface area contributed by atoms with Crippen molar-refractivity contribution >= 4 is 29.4 Å². The number of pyridine rings is 1. The van der Waals surface area contributed by atoms with E-state index in [4.69, 9.17) is 16.3 Å². The third-order valence-corrected chi connectivity index (χ3v) is 6.59. The maximum absolute atomic E-state index is 12.9. The van der Waals surface area contributed by atoms with E-state index in [0.29, 0.717) is 34.9 Å². The molecule has 1 aliphatic rings. The van der Waals surface area contributed by atoms with Gasteiger partial charge in [-0.25, -0.2) is 0 Å². The van der Waals surface area contributed by atoms with Gasteiger partial charge in [0.25, 0.3) is 0 Å². The summed E-state index contributed by atoms with van der Waals surface area (Å²) in [5, 5.41) is 13.9. The Morgan fingerprint density at radius 3 is 2.68 bits per heavy atom. The minimum absolute atomic E-state index is 0.223. The fourth-order valence-corrected chi connectivity index (χ4v) is 4.67. The van der Waals surface area contributed by atoms with Crippen LogP contribution < -0.4 is 10.1 Å². The third kappa shape index (κ3) is 5.83. The maximum atomic E-state index is 12.9. The van der Waals surface area contributed by atoms with Gasteiger partial charge in [0.05, 0.1) is 11.6 Å². The molecule has 6 nitrogen and oxygen atoms in total. The average molecular weight is 525 g/mol. The molecule has 0 radical (unpaired) electrons. The lowest BCUT2D eigenvalue weighted by molar-refractivity contribution is -0.116. The molecule has 7 heteroatoms. The molecule has 190 valence electrons. The Bertz CT molecular complexity index is 1490. The van der Waals surface area contributed by atoms with Gasteiger partial charge in [0.2, 0.25) is 5.91 Å². The van der Waals surface area contributed by atoms with Crippen LogP contribution in [0.2, 0.25) is 5.02 Å². The van der Waals surface area contributed by atoms with Crippen LogP contribution in [0.4, 0.5) is 0 Å². The molecule has 0 aliphatic carbocycles. The highest BCUT2D eigenvalue weighted by Crippen LogP contribution is 2.39. The highest BCUT2D eigenvalue weighted by Gasteiger charge is 2.26. The molecular weight excluding hydrogens is 500 g/mol. The van der Waals surface area contributed by atoms with Crippen LogP contribution in [0.25, 0.3) is 17.2 Å². The summed E-state index contributed by atoms with van der Waals surface area (Å²) >= 11 is 6.57. The second-order valence-corrected chi connectivity index (χ2v) is 9.42. The van der Waals surface area contributed by atoms with Crippen molar-refractivity contribution in [3.63, 3.8) is 0 Å². The van der Waals surface area contributed by atoms with Gasteiger partial charge in [0.1, 0.15) is 18.0 Å². The van der Waals surface area contributed by atoms with Gasteiger partial charge in [-0.05, 0) is 52.6 Å². The standard InChI is InChI=1S/C31H25ClN2O4/c32-27-17-24(22-9-4-10-23(14-22)30(37)29(36)21-7-2-1-3-8-21)15-25-16-26(38-31(25)27)19-34-28(35)12-11-20-6-5-13-33-18-20/h1-15,17-18,26,29,36H,16,19H2,(H,34,35). The molecule has 5 rings (SSSR count). The quantitative estimate of drug-likeness (QED) is 0.236. The number of rotatable bonds is 8. The summed E-state index contributed by atoms with van der Waals surface area (Å²) in [6.07, 6.45) is 5.62. The van der Waals surface area contributed by atoms with Gasteiger partial charge in [0, 0.05) is 36.0 Å². The predicted octanol–water partition coefficient (Wildman–Crippen LogP) is 5.45. The van der Waals surface area contributed by atoms with Gasteiger partial charge < -0.3 is 15.2 Å². The van der Waals surface area contributed by atoms with E-state index in [1.54, 1.807) is 73.1 Å². The van der Waals surface area contributed by atoms with E-state index in [1.165, 1.54) is 6.08 Å². The zero-order valence-electron chi connectivity index (χ0n) is 20.4. The monoisotopic (exact) mass is 524 g/mol. The number of nitrogens with one attached hydrogen (secondary N) is 1. The van der Waals surface area contributed by atoms with Crippen molar-refractivity contribution in [2.45, 2.75) is 18.6 Å². The van der Waals surface area contributed by atoms with Crippen molar-refractivity contribution in [2.75, 3.05) is 6.54 Å². The Morgan fingerprint density at radius 2 is 1.89 bits per heavy atom. The van der Waals surface area contributed by atoms with Gasteiger partial charge in [-0.1, -0.05) is 66.2 Å². The fraction of sp³-hybridized carbons (Fsp3) is 0.129. The van der Waals surface area contributed by atoms with E-state index in [1.807, 2.05) is 24.3 Å². The molecule has 2 heterocycles. The van der Waals surface area contributed by atoms with Crippen molar-refractivity contribution in [3.8, 4) is 16.9 Å². The van der Waals surface area contributed by atoms with E-state index >= 15 is 0 Å². The minimum atomic E-state index is -1.24. The number of benzene rings is 3. The van der Waals surface area contributed by atoms with Crippen molar-refractivity contribution in [1.82, 2.24) is 10.3 Å². The summed E-state index contributed by atoms with van der Waals surface area (Å²) in [5.74, 6) is 0.00805. The topological polar surface area (TPSA) is 88.5 Å². The summed E-state index contributed by atoms with van der Waals surface area (Å²) in [4.78, 5) is 29.2. The predicted molar refractivity (Wildman–Crippen MR) is 147 cm³/mol. The smallest absolute Gasteiger partial charge is 0.244 e. The molecule has 1 aliphatic heterocycles. The molecule has 0 saturated carbocycles. The lowest BCUT2D eigenvalue weighted by atomic mass is 9.95. The van der Waals surface area contributed by atoms with E-state index in [9.17, 15) is 14.7 Å². The molecule has 2 unspecified atom stereocenters. The van der Waals surface area contributed by atoms with Crippen molar-refractivity contribution in [1.29, 1.82) is 0 Å². The van der Waals surface area contributed by atoms with Crippen LogP contribution in [0, 0.1) is 0 Å². The number of aliphatic hydroxyl groups excluding tert-OH is 1. The first kappa shape index (κ1) is 25.4. The Kier molecular flexibility index (Phi) is 7.63. The molecule has 1 aromatic heterocycles. The van der Waals surface area contributed by atoms with Crippen molar-refractivity contribution in [3.05, 3.63) is 125 Å². The molecule has 3 aromatic carbocycles. The highest BCUT2D eigenvalue weighted by atomic mass is 35.5. The van der Waals surface area contributed by atoms with E-state index in [0.717, 1.165) is 22.3 Å². The number of carbonyl (C=O) groups excluding carboxylic acids is 2. The molecule has 0 bridgehead atoms. The summed E-state index contributed by atoms with van der Waals surface area (Å²) < 4.78 is 6.02. The van der Waals surface area contributed by atoms with Crippen LogP contribution in [0.5, 0.6) is 5.75 Å². The number of aliphatic hydroxyl groups is 1. The number of aromatic nitrogens is 1. The molecule has 0 spiro atoms. The Labute approximate surface area is 225 Å². The number of ketones is 1. The summed E-state index contributed by atoms with van der Waals surface area (Å²) in [6.45, 7) is 0.331. The van der Waals surface area contributed by atoms with Gasteiger partial charge in [-0.2, -0.15) is 0 Å². The van der Waals surface area contributed by atoms with E-state index < -0.39 is 6.10 Å². The minimum Gasteiger partial charge on any atom is -0.486 e. The summed E-state index contributed by atoms with van der Waals surface area (Å²) in [6, 6.07) is 23.5. The zero-order valence-corrected chi connectivity index (χ0v) is 21.1. The molecular formula is C31H25ClN2O4. The van der Waals surface area contributed by atoms with Gasteiger partial charge in [0.15, 0.2) is 5.78 Å². The van der Waals surface area contributed by atoms with Crippen LogP contribution in [0.3, 0.4) is 0 Å². The number of halogens is 1. The van der Waals surface area contributed by atoms with Crippen LogP contribution in [-0.4, -0.2) is 34.4 Å². The first-order valence-corrected chi connectivity index (χ1v) is 12.6. The van der Waals surface area contributed by atoms with Gasteiger partial charge in [-0.15, -0.1) is 0 Å². The number of hydrogen-bond acceptors (Lipinski definition) is 5. The SMILES string of the molecule is O=C(C=Cc1cccnc1)NCC1Cc2cc(-c3cccc(C(=O)C(O)c4ccccc4)c3)cc(Cl)c2O1. The van der Waals surface area contributed by atoms with Crippen LogP contribution in [0.1, 0.15) is 33.2 Å². The summed E-state index contributed by atoms with van der Waals surface area (Å²) in [5.41, 5.74) is 4.37. The zero-order chi connectivity index (χ0) is 26.5. The van der Waals surface area contributed by atoms with Crippen LogP contribution in [-0.2, 0) is 11.2 Å². The van der Waals surface area contributed by atoms with Gasteiger partial charge in [-0.3, -0.25) is 14.6 Å². The maximum Gasteiger partial charge on any atom is 0.244 e. The van der Waals surface area contributed by atoms with Crippen molar-refractivity contribution < 1.29 is 19.4 Å². The van der Waals surface area contributed by atoms with Crippen molar-refractivity contribution in [2.24, 2.45) is 0 Å². The number of nitrogens with zero attached hydrogens (tertiary/aromatic N) is 1. The van der Waals surface area contributed by atoms with Gasteiger partial charge >= 0.3 is 0 Å². The molecule has 38 heavy (non-hydrogen) atoms. The molecule has 2 atom stereocenters. The Morgan fingerprint density at radius 1 is 1.05 bits per heavy atom. The number of amides is 1. The summed E-state index contributed by atoms with van der Waals surface area (Å²) in [7, 11) is 0.